The smallest absolute Gasteiger partial charge is 0.180 e. The Balaban J connectivity index is 1.73. The fraction of sp³-hybridized carbons (Fsp3) is 0.350. The largest absolute Gasteiger partial charge is 0.395 e. The zero-order chi connectivity index (χ0) is 19.0. The molecule has 0 bridgehead atoms. The SMILES string of the molecule is CC(=O)c1c(N)c(C2=CCC3(CC2)OCCO3)nn1-c1ccc(C#N)cc1. The first kappa shape index (κ1) is 17.5. The van der Waals surface area contributed by atoms with E-state index in [4.69, 9.17) is 20.5 Å². The summed E-state index contributed by atoms with van der Waals surface area (Å²) < 4.78 is 13.1. The lowest BCUT2D eigenvalue weighted by Gasteiger charge is -2.30. The second kappa shape index (κ2) is 6.65. The van der Waals surface area contributed by atoms with Crippen LogP contribution in [0, 0.1) is 11.3 Å². The van der Waals surface area contributed by atoms with E-state index in [0.717, 1.165) is 12.0 Å². The van der Waals surface area contributed by atoms with Gasteiger partial charge in [-0.05, 0) is 36.3 Å². The molecule has 1 spiro atoms. The summed E-state index contributed by atoms with van der Waals surface area (Å²) in [7, 11) is 0. The van der Waals surface area contributed by atoms with Crippen LogP contribution in [0.1, 0.15) is 47.9 Å². The van der Waals surface area contributed by atoms with E-state index < -0.39 is 5.79 Å². The maximum atomic E-state index is 12.2. The third-order valence-electron chi connectivity index (χ3n) is 5.05. The number of benzene rings is 1. The molecule has 7 nitrogen and oxygen atoms in total. The van der Waals surface area contributed by atoms with E-state index in [-0.39, 0.29) is 5.78 Å². The molecule has 0 saturated carbocycles. The van der Waals surface area contributed by atoms with Crippen molar-refractivity contribution in [2.75, 3.05) is 18.9 Å². The minimum Gasteiger partial charge on any atom is -0.395 e. The third-order valence-corrected chi connectivity index (χ3v) is 5.05. The first-order valence-corrected chi connectivity index (χ1v) is 8.90. The number of carbonyl (C=O) groups is 1. The van der Waals surface area contributed by atoms with Gasteiger partial charge in [0, 0.05) is 19.8 Å². The van der Waals surface area contributed by atoms with Crippen molar-refractivity contribution in [3.63, 3.8) is 0 Å². The molecule has 4 rings (SSSR count). The van der Waals surface area contributed by atoms with Crippen molar-refractivity contribution in [3.05, 3.63) is 47.3 Å². The number of rotatable bonds is 3. The number of ketones is 1. The van der Waals surface area contributed by atoms with Crippen molar-refractivity contribution in [3.8, 4) is 11.8 Å². The van der Waals surface area contributed by atoms with Crippen LogP contribution in [-0.4, -0.2) is 34.6 Å². The summed E-state index contributed by atoms with van der Waals surface area (Å²) >= 11 is 0. The average Bonchev–Trinajstić information content (AvgIpc) is 3.27. The van der Waals surface area contributed by atoms with Crippen LogP contribution in [-0.2, 0) is 9.47 Å². The number of aromatic nitrogens is 2. The number of carbonyl (C=O) groups excluding carboxylic acids is 1. The van der Waals surface area contributed by atoms with Crippen molar-refractivity contribution in [2.45, 2.75) is 32.0 Å². The number of Topliss-reactive ketones (excluding diaryl/α,β-unsaturated/α-hetero) is 1. The Morgan fingerprint density at radius 2 is 2.00 bits per heavy atom. The number of hydrogen-bond donors (Lipinski definition) is 1. The molecule has 0 unspecified atom stereocenters. The number of nitrogens with two attached hydrogens (primary N) is 1. The molecule has 1 aliphatic carbocycles. The molecule has 1 saturated heterocycles. The maximum absolute atomic E-state index is 12.2. The molecule has 0 amide bonds. The summed E-state index contributed by atoms with van der Waals surface area (Å²) in [5.74, 6) is -0.678. The summed E-state index contributed by atoms with van der Waals surface area (Å²) in [6, 6.07) is 8.97. The van der Waals surface area contributed by atoms with Crippen molar-refractivity contribution in [1.82, 2.24) is 9.78 Å². The molecule has 27 heavy (non-hydrogen) atoms. The molecular formula is C20H20N4O3. The molecule has 1 fully saturated rings. The monoisotopic (exact) mass is 364 g/mol. The summed E-state index contributed by atoms with van der Waals surface area (Å²) in [4.78, 5) is 12.2. The molecule has 138 valence electrons. The number of ether oxygens (including phenoxy) is 2. The van der Waals surface area contributed by atoms with Gasteiger partial charge in [-0.25, -0.2) is 4.68 Å². The van der Waals surface area contributed by atoms with Crippen molar-refractivity contribution >= 4 is 17.0 Å². The topological polar surface area (TPSA) is 103 Å². The van der Waals surface area contributed by atoms with Gasteiger partial charge in [0.2, 0.25) is 0 Å². The fourth-order valence-corrected chi connectivity index (χ4v) is 3.65. The van der Waals surface area contributed by atoms with E-state index in [2.05, 4.69) is 11.2 Å². The lowest BCUT2D eigenvalue weighted by atomic mass is 9.91. The van der Waals surface area contributed by atoms with Crippen LogP contribution >= 0.6 is 0 Å². The quantitative estimate of drug-likeness (QED) is 0.840. The molecule has 2 aliphatic rings. The number of anilines is 1. The predicted octanol–water partition coefficient (Wildman–Crippen LogP) is 2.84. The van der Waals surface area contributed by atoms with E-state index in [9.17, 15) is 4.79 Å². The van der Waals surface area contributed by atoms with E-state index in [1.54, 1.807) is 28.9 Å². The number of allylic oxidation sites excluding steroid dienone is 1. The molecule has 1 aromatic heterocycles. The Bertz CT molecular complexity index is 960. The Kier molecular flexibility index (Phi) is 4.30. The van der Waals surface area contributed by atoms with Crippen LogP contribution in [0.25, 0.3) is 11.3 Å². The second-order valence-electron chi connectivity index (χ2n) is 6.78. The van der Waals surface area contributed by atoms with E-state index in [0.29, 0.717) is 54.4 Å². The van der Waals surface area contributed by atoms with Gasteiger partial charge in [0.15, 0.2) is 11.6 Å². The fourth-order valence-electron chi connectivity index (χ4n) is 3.65. The molecular weight excluding hydrogens is 344 g/mol. The summed E-state index contributed by atoms with van der Waals surface area (Å²) in [6.45, 7) is 2.71. The first-order chi connectivity index (χ1) is 13.0. The minimum atomic E-state index is -0.517. The maximum Gasteiger partial charge on any atom is 0.180 e. The average molecular weight is 364 g/mol. The van der Waals surface area contributed by atoms with Crippen molar-refractivity contribution in [2.24, 2.45) is 0 Å². The van der Waals surface area contributed by atoms with Crippen molar-refractivity contribution in [1.29, 1.82) is 5.26 Å². The Morgan fingerprint density at radius 3 is 2.56 bits per heavy atom. The van der Waals surface area contributed by atoms with Crippen molar-refractivity contribution < 1.29 is 14.3 Å². The van der Waals surface area contributed by atoms with Crippen LogP contribution in [0.2, 0.25) is 0 Å². The summed E-state index contributed by atoms with van der Waals surface area (Å²) in [6.07, 6.45) is 4.13. The Labute approximate surface area is 157 Å². The van der Waals surface area contributed by atoms with Gasteiger partial charge < -0.3 is 15.2 Å². The Morgan fingerprint density at radius 1 is 1.30 bits per heavy atom. The Hall–Kier alpha value is -2.95. The highest BCUT2D eigenvalue weighted by Gasteiger charge is 2.38. The lowest BCUT2D eigenvalue weighted by molar-refractivity contribution is -0.159. The molecule has 0 radical (unpaired) electrons. The van der Waals surface area contributed by atoms with E-state index in [1.165, 1.54) is 6.92 Å². The standard InChI is InChI=1S/C20H20N4O3/c1-13(25)19-17(22)18(15-6-8-20(9-7-15)26-10-11-27-20)23-24(19)16-4-2-14(12-21)3-5-16/h2-6H,7-11,22H2,1H3. The van der Waals surface area contributed by atoms with Crippen LogP contribution in [0.15, 0.2) is 30.3 Å². The third kappa shape index (κ3) is 3.03. The van der Waals surface area contributed by atoms with Gasteiger partial charge in [0.25, 0.3) is 0 Å². The van der Waals surface area contributed by atoms with Gasteiger partial charge in [-0.2, -0.15) is 10.4 Å². The zero-order valence-corrected chi connectivity index (χ0v) is 15.1. The molecule has 2 aromatic rings. The highest BCUT2D eigenvalue weighted by Crippen LogP contribution is 2.40. The molecule has 2 N–H and O–H groups in total. The number of nitriles is 1. The van der Waals surface area contributed by atoms with Gasteiger partial charge in [-0.15, -0.1) is 0 Å². The van der Waals surface area contributed by atoms with Crippen LogP contribution < -0.4 is 5.73 Å². The molecule has 2 heterocycles. The predicted molar refractivity (Wildman–Crippen MR) is 99.2 cm³/mol. The molecule has 1 aliphatic heterocycles. The summed E-state index contributed by atoms with van der Waals surface area (Å²) in [5.41, 5.74) is 9.89. The van der Waals surface area contributed by atoms with E-state index >= 15 is 0 Å². The number of nitrogen functional groups attached to an aromatic ring is 1. The number of hydrogen-bond acceptors (Lipinski definition) is 6. The highest BCUT2D eigenvalue weighted by atomic mass is 16.7. The molecule has 1 aromatic carbocycles. The van der Waals surface area contributed by atoms with E-state index in [1.807, 2.05) is 6.08 Å². The van der Waals surface area contributed by atoms with Gasteiger partial charge in [-0.3, -0.25) is 4.79 Å². The van der Waals surface area contributed by atoms with Gasteiger partial charge in [0.1, 0.15) is 11.4 Å². The normalized spacial score (nSPS) is 18.3. The molecule has 0 atom stereocenters. The second-order valence-corrected chi connectivity index (χ2v) is 6.78. The van der Waals surface area contributed by atoms with Gasteiger partial charge in [-0.1, -0.05) is 6.08 Å². The minimum absolute atomic E-state index is 0.161. The lowest BCUT2D eigenvalue weighted by Crippen LogP contribution is -2.31. The first-order valence-electron chi connectivity index (χ1n) is 8.90. The van der Waals surface area contributed by atoms with Gasteiger partial charge in [0.05, 0.1) is 36.2 Å². The molecule has 7 heteroatoms. The zero-order valence-electron chi connectivity index (χ0n) is 15.1. The summed E-state index contributed by atoms with van der Waals surface area (Å²) in [5, 5.41) is 13.6. The van der Waals surface area contributed by atoms with Crippen LogP contribution in [0.4, 0.5) is 5.69 Å². The van der Waals surface area contributed by atoms with Crippen LogP contribution in [0.3, 0.4) is 0 Å². The van der Waals surface area contributed by atoms with Crippen LogP contribution in [0.5, 0.6) is 0 Å². The number of nitrogens with zero attached hydrogens (tertiary/aromatic N) is 3. The van der Waals surface area contributed by atoms with Gasteiger partial charge >= 0.3 is 0 Å². The highest BCUT2D eigenvalue weighted by molar-refractivity contribution is 6.00.